The Hall–Kier alpha value is -2.21. The number of nitrogens with zero attached hydrogens (tertiary/aromatic N) is 3. The van der Waals surface area contributed by atoms with E-state index in [0.29, 0.717) is 19.7 Å². The summed E-state index contributed by atoms with van der Waals surface area (Å²) in [7, 11) is 0. The zero-order valence-corrected chi connectivity index (χ0v) is 13.9. The molecule has 130 valence electrons. The van der Waals surface area contributed by atoms with E-state index < -0.39 is 0 Å². The maximum atomic E-state index is 13.2. The molecule has 5 rings (SSSR count). The molecule has 2 aromatic rings. The molecule has 25 heavy (non-hydrogen) atoms. The van der Waals surface area contributed by atoms with Crippen LogP contribution < -0.4 is 0 Å². The number of fused-ring (bicyclic) bond motifs is 1. The topological polar surface area (TPSA) is 47.4 Å². The van der Waals surface area contributed by atoms with Gasteiger partial charge in [-0.3, -0.25) is 4.79 Å². The normalized spacial score (nSPS) is 25.4. The van der Waals surface area contributed by atoms with Crippen molar-refractivity contribution in [2.24, 2.45) is 5.92 Å². The van der Waals surface area contributed by atoms with Crippen LogP contribution in [-0.4, -0.2) is 39.0 Å². The van der Waals surface area contributed by atoms with Gasteiger partial charge in [-0.15, -0.1) is 0 Å². The van der Waals surface area contributed by atoms with E-state index in [1.54, 1.807) is 12.1 Å². The molecule has 0 radical (unpaired) electrons. The molecule has 1 saturated heterocycles. The number of likely N-dealkylation sites (tertiary alicyclic amines) is 1. The molecule has 1 saturated carbocycles. The number of amides is 1. The summed E-state index contributed by atoms with van der Waals surface area (Å²) < 4.78 is 21.6. The lowest BCUT2D eigenvalue weighted by Crippen LogP contribution is -2.45. The lowest BCUT2D eigenvalue weighted by atomic mass is 10.0. The molecule has 3 aliphatic rings. The molecule has 2 fully saturated rings. The van der Waals surface area contributed by atoms with Crippen molar-refractivity contribution in [3.8, 4) is 11.3 Å². The predicted molar refractivity (Wildman–Crippen MR) is 89.1 cm³/mol. The van der Waals surface area contributed by atoms with Crippen molar-refractivity contribution in [1.82, 2.24) is 14.5 Å². The number of hydrogen-bond donors (Lipinski definition) is 0. The minimum Gasteiger partial charge on any atom is -0.363 e. The third-order valence-electron chi connectivity index (χ3n) is 5.59. The zero-order valence-electron chi connectivity index (χ0n) is 13.9. The van der Waals surface area contributed by atoms with Gasteiger partial charge in [0.2, 0.25) is 5.91 Å². The lowest BCUT2D eigenvalue weighted by Gasteiger charge is -2.35. The number of rotatable bonds is 2. The van der Waals surface area contributed by atoms with Crippen LogP contribution in [0, 0.1) is 11.7 Å². The Balaban J connectivity index is 1.41. The van der Waals surface area contributed by atoms with Crippen LogP contribution in [0.15, 0.2) is 30.5 Å². The highest BCUT2D eigenvalue weighted by Gasteiger charge is 2.46. The molecule has 0 bridgehead atoms. The van der Waals surface area contributed by atoms with Crippen molar-refractivity contribution in [1.29, 1.82) is 0 Å². The summed E-state index contributed by atoms with van der Waals surface area (Å²) in [6.45, 7) is 2.56. The first kappa shape index (κ1) is 15.1. The molecule has 0 unspecified atom stereocenters. The van der Waals surface area contributed by atoms with Gasteiger partial charge in [0.1, 0.15) is 23.8 Å². The standard InChI is InChI=1S/C19H20FN3O2/c20-15-5-3-13(4-6-15)16-9-21-17-10-25-19(12-23(16)17)7-8-22(11-19)18(24)14-1-2-14/h3-6,9,14H,1-2,7-8,10-12H2/t19-/m1/s1. The number of ether oxygens (including phenoxy) is 1. The van der Waals surface area contributed by atoms with Crippen molar-refractivity contribution in [2.45, 2.75) is 38.0 Å². The Morgan fingerprint density at radius 3 is 2.80 bits per heavy atom. The Morgan fingerprint density at radius 2 is 2.04 bits per heavy atom. The summed E-state index contributed by atoms with van der Waals surface area (Å²) in [6.07, 6.45) is 4.74. The molecule has 5 nitrogen and oxygen atoms in total. The molecule has 3 heterocycles. The molecule has 1 atom stereocenters. The largest absolute Gasteiger partial charge is 0.363 e. The van der Waals surface area contributed by atoms with Gasteiger partial charge in [0.05, 0.1) is 25.0 Å². The number of aromatic nitrogens is 2. The third-order valence-corrected chi connectivity index (χ3v) is 5.59. The molecule has 2 aliphatic heterocycles. The van der Waals surface area contributed by atoms with Gasteiger partial charge in [-0.1, -0.05) is 0 Å². The first-order chi connectivity index (χ1) is 12.1. The SMILES string of the molecule is O=C(C1CC1)N1CC[C@@]2(C1)Cn1c(-c3ccc(F)cc3)cnc1CO2. The number of carbonyl (C=O) groups is 1. The van der Waals surface area contributed by atoms with Gasteiger partial charge in [-0.25, -0.2) is 9.37 Å². The number of hydrogen-bond acceptors (Lipinski definition) is 3. The second-order valence-corrected chi connectivity index (χ2v) is 7.41. The highest BCUT2D eigenvalue weighted by molar-refractivity contribution is 5.81. The summed E-state index contributed by atoms with van der Waals surface area (Å²) in [6, 6.07) is 6.49. The van der Waals surface area contributed by atoms with E-state index in [2.05, 4.69) is 9.55 Å². The van der Waals surface area contributed by atoms with Crippen molar-refractivity contribution < 1.29 is 13.9 Å². The number of halogens is 1. The molecular weight excluding hydrogens is 321 g/mol. The molecule has 1 aromatic heterocycles. The number of imidazole rings is 1. The van der Waals surface area contributed by atoms with Crippen molar-refractivity contribution in [3.63, 3.8) is 0 Å². The quantitative estimate of drug-likeness (QED) is 0.844. The van der Waals surface area contributed by atoms with Gasteiger partial charge in [-0.2, -0.15) is 0 Å². The maximum absolute atomic E-state index is 13.2. The first-order valence-corrected chi connectivity index (χ1v) is 8.87. The summed E-state index contributed by atoms with van der Waals surface area (Å²) in [5, 5.41) is 0. The Morgan fingerprint density at radius 1 is 1.24 bits per heavy atom. The predicted octanol–water partition coefficient (Wildman–Crippen LogP) is 2.60. The highest BCUT2D eigenvalue weighted by Crippen LogP contribution is 2.38. The van der Waals surface area contributed by atoms with Crippen LogP contribution in [0.2, 0.25) is 0 Å². The Kier molecular flexibility index (Phi) is 3.25. The fourth-order valence-corrected chi connectivity index (χ4v) is 3.98. The summed E-state index contributed by atoms with van der Waals surface area (Å²) in [5.41, 5.74) is 1.60. The van der Waals surface area contributed by atoms with E-state index in [4.69, 9.17) is 4.74 Å². The average molecular weight is 341 g/mol. The minimum absolute atomic E-state index is 0.244. The van der Waals surface area contributed by atoms with E-state index in [1.807, 2.05) is 11.1 Å². The fraction of sp³-hybridized carbons (Fsp3) is 0.474. The van der Waals surface area contributed by atoms with Gasteiger partial charge in [0.25, 0.3) is 0 Å². The zero-order chi connectivity index (χ0) is 17.0. The lowest BCUT2D eigenvalue weighted by molar-refractivity contribution is -0.134. The van der Waals surface area contributed by atoms with Crippen LogP contribution in [-0.2, 0) is 22.7 Å². The monoisotopic (exact) mass is 341 g/mol. The van der Waals surface area contributed by atoms with Crippen LogP contribution in [0.5, 0.6) is 0 Å². The number of benzene rings is 1. The first-order valence-electron chi connectivity index (χ1n) is 8.87. The van der Waals surface area contributed by atoms with Gasteiger partial charge < -0.3 is 14.2 Å². The molecule has 0 N–H and O–H groups in total. The molecule has 1 aliphatic carbocycles. The molecule has 1 aromatic carbocycles. The van der Waals surface area contributed by atoms with E-state index in [0.717, 1.165) is 42.9 Å². The van der Waals surface area contributed by atoms with Gasteiger partial charge in [0.15, 0.2) is 0 Å². The van der Waals surface area contributed by atoms with Crippen LogP contribution >= 0.6 is 0 Å². The summed E-state index contributed by atoms with van der Waals surface area (Å²) in [4.78, 5) is 18.8. The van der Waals surface area contributed by atoms with Gasteiger partial charge >= 0.3 is 0 Å². The Labute approximate surface area is 145 Å². The minimum atomic E-state index is -0.326. The third kappa shape index (κ3) is 2.56. The van der Waals surface area contributed by atoms with Crippen LogP contribution in [0.4, 0.5) is 4.39 Å². The summed E-state index contributed by atoms with van der Waals surface area (Å²) >= 11 is 0. The van der Waals surface area contributed by atoms with Crippen LogP contribution in [0.25, 0.3) is 11.3 Å². The van der Waals surface area contributed by atoms with Crippen LogP contribution in [0.3, 0.4) is 0 Å². The average Bonchev–Trinajstić information content (AvgIpc) is 3.28. The Bertz CT molecular complexity index is 828. The van der Waals surface area contributed by atoms with E-state index in [9.17, 15) is 9.18 Å². The molecule has 6 heteroatoms. The van der Waals surface area contributed by atoms with E-state index in [1.165, 1.54) is 12.1 Å². The summed E-state index contributed by atoms with van der Waals surface area (Å²) in [5.74, 6) is 1.18. The van der Waals surface area contributed by atoms with Gasteiger partial charge in [0, 0.05) is 12.5 Å². The smallest absolute Gasteiger partial charge is 0.225 e. The molecule has 1 amide bonds. The van der Waals surface area contributed by atoms with E-state index in [-0.39, 0.29) is 23.2 Å². The van der Waals surface area contributed by atoms with E-state index >= 15 is 0 Å². The number of carbonyl (C=O) groups excluding carboxylic acids is 1. The van der Waals surface area contributed by atoms with Crippen LogP contribution in [0.1, 0.15) is 25.1 Å². The van der Waals surface area contributed by atoms with Crippen molar-refractivity contribution >= 4 is 5.91 Å². The van der Waals surface area contributed by atoms with Crippen molar-refractivity contribution in [2.75, 3.05) is 13.1 Å². The van der Waals surface area contributed by atoms with Gasteiger partial charge in [-0.05, 0) is 49.1 Å². The molecule has 1 spiro atoms. The maximum Gasteiger partial charge on any atom is 0.225 e. The van der Waals surface area contributed by atoms with Crippen molar-refractivity contribution in [3.05, 3.63) is 42.1 Å². The fourth-order valence-electron chi connectivity index (χ4n) is 3.98. The second-order valence-electron chi connectivity index (χ2n) is 7.41. The second kappa shape index (κ2) is 5.39. The highest BCUT2D eigenvalue weighted by atomic mass is 19.1. The molecular formula is C19H20FN3O2.